The third-order valence-corrected chi connectivity index (χ3v) is 4.41. The third kappa shape index (κ3) is 7.45. The molecule has 1 heterocycles. The van der Waals surface area contributed by atoms with Gasteiger partial charge in [-0.2, -0.15) is 0 Å². The lowest BCUT2D eigenvalue weighted by molar-refractivity contribution is -0.130. The van der Waals surface area contributed by atoms with Gasteiger partial charge in [-0.1, -0.05) is 18.2 Å². The van der Waals surface area contributed by atoms with Gasteiger partial charge in [-0.25, -0.2) is 4.39 Å². The maximum absolute atomic E-state index is 13.6. The highest BCUT2D eigenvalue weighted by Gasteiger charge is 2.17. The van der Waals surface area contributed by atoms with Crippen LogP contribution in [0, 0.1) is 5.82 Å². The first-order chi connectivity index (χ1) is 12.1. The molecule has 0 bridgehead atoms. The predicted octanol–water partition coefficient (Wildman–Crippen LogP) is 1.32. The van der Waals surface area contributed by atoms with Gasteiger partial charge >= 0.3 is 0 Å². The molecule has 2 N–H and O–H groups in total. The molecule has 1 aromatic carbocycles. The van der Waals surface area contributed by atoms with E-state index in [-0.39, 0.29) is 35.7 Å². The van der Waals surface area contributed by atoms with E-state index in [4.69, 9.17) is 0 Å². The number of guanidine groups is 1. The van der Waals surface area contributed by atoms with Crippen molar-refractivity contribution < 1.29 is 9.18 Å². The van der Waals surface area contributed by atoms with Crippen LogP contribution in [-0.2, 0) is 11.2 Å². The molecule has 26 heavy (non-hydrogen) atoms. The lowest BCUT2D eigenvalue weighted by Gasteiger charge is -2.34. The number of nitrogens with one attached hydrogen (secondary N) is 2. The van der Waals surface area contributed by atoms with E-state index >= 15 is 0 Å². The molecule has 146 valence electrons. The second-order valence-electron chi connectivity index (χ2n) is 6.11. The Morgan fingerprint density at radius 1 is 1.15 bits per heavy atom. The molecule has 0 aromatic heterocycles. The van der Waals surface area contributed by atoms with Gasteiger partial charge in [0.1, 0.15) is 5.82 Å². The summed E-state index contributed by atoms with van der Waals surface area (Å²) >= 11 is 0. The quantitative estimate of drug-likeness (QED) is 0.369. The van der Waals surface area contributed by atoms with Crippen LogP contribution < -0.4 is 10.6 Å². The van der Waals surface area contributed by atoms with Gasteiger partial charge in [0.25, 0.3) is 0 Å². The van der Waals surface area contributed by atoms with Gasteiger partial charge < -0.3 is 15.5 Å². The van der Waals surface area contributed by atoms with Gasteiger partial charge in [-0.05, 0) is 18.1 Å². The van der Waals surface area contributed by atoms with Crippen molar-refractivity contribution in [3.63, 3.8) is 0 Å². The normalized spacial score (nSPS) is 15.3. The molecule has 2 rings (SSSR count). The Bertz CT molecular complexity index is 591. The van der Waals surface area contributed by atoms with Gasteiger partial charge in [0.15, 0.2) is 5.96 Å². The van der Waals surface area contributed by atoms with Crippen LogP contribution in [0.4, 0.5) is 4.39 Å². The number of carbonyl (C=O) groups is 1. The number of piperazine rings is 1. The molecule has 1 aliphatic rings. The summed E-state index contributed by atoms with van der Waals surface area (Å²) < 4.78 is 13.6. The van der Waals surface area contributed by atoms with Crippen LogP contribution >= 0.6 is 24.0 Å². The van der Waals surface area contributed by atoms with Gasteiger partial charge in [-0.15, -0.1) is 24.0 Å². The van der Waals surface area contributed by atoms with Crippen LogP contribution in [0.2, 0.25) is 0 Å². The van der Waals surface area contributed by atoms with E-state index in [2.05, 4.69) is 20.5 Å². The smallest absolute Gasteiger partial charge is 0.219 e. The Hall–Kier alpha value is -1.42. The van der Waals surface area contributed by atoms with Crippen molar-refractivity contribution in [1.29, 1.82) is 0 Å². The molecule has 0 atom stereocenters. The number of amides is 1. The summed E-state index contributed by atoms with van der Waals surface area (Å²) in [5.41, 5.74) is 0.703. The molecule has 6 nitrogen and oxygen atoms in total. The molecule has 1 fully saturated rings. The van der Waals surface area contributed by atoms with Crippen LogP contribution in [0.25, 0.3) is 0 Å². The number of aliphatic imine (C=N–C) groups is 1. The van der Waals surface area contributed by atoms with Gasteiger partial charge in [-0.3, -0.25) is 14.7 Å². The fourth-order valence-corrected chi connectivity index (χ4v) is 2.86. The standard InChI is InChI=1S/C18H28FN5O.HI/c1-15(25)24-13-11-23(12-14-24)10-9-22-18(20-2)21-8-7-16-5-3-4-6-17(16)19;/h3-6H,7-14H2,1-2H3,(H2,20,21,22);1H. The van der Waals surface area contributed by atoms with Crippen molar-refractivity contribution in [3.8, 4) is 0 Å². The molecule has 1 saturated heterocycles. The number of halogens is 2. The zero-order valence-electron chi connectivity index (χ0n) is 15.5. The van der Waals surface area contributed by atoms with E-state index in [1.807, 2.05) is 11.0 Å². The molecule has 0 unspecified atom stereocenters. The number of hydrogen-bond donors (Lipinski definition) is 2. The SMILES string of the molecule is CN=C(NCCc1ccccc1F)NCCN1CCN(C(C)=O)CC1.I. The first kappa shape index (κ1) is 22.6. The van der Waals surface area contributed by atoms with Crippen molar-refractivity contribution >= 4 is 35.8 Å². The first-order valence-electron chi connectivity index (χ1n) is 8.76. The van der Waals surface area contributed by atoms with Crippen LogP contribution in [-0.4, -0.2) is 74.5 Å². The number of carbonyl (C=O) groups excluding carboxylic acids is 1. The van der Waals surface area contributed by atoms with Crippen molar-refractivity contribution in [2.24, 2.45) is 4.99 Å². The van der Waals surface area contributed by atoms with Crippen LogP contribution in [0.5, 0.6) is 0 Å². The number of benzene rings is 1. The summed E-state index contributed by atoms with van der Waals surface area (Å²) in [6, 6.07) is 6.82. The molecule has 1 aromatic rings. The summed E-state index contributed by atoms with van der Waals surface area (Å²) in [6.45, 7) is 7.32. The molecule has 1 aliphatic heterocycles. The summed E-state index contributed by atoms with van der Waals surface area (Å²) in [5.74, 6) is 0.702. The van der Waals surface area contributed by atoms with E-state index < -0.39 is 0 Å². The maximum Gasteiger partial charge on any atom is 0.219 e. The summed E-state index contributed by atoms with van der Waals surface area (Å²) in [5, 5.41) is 6.48. The molecule has 0 saturated carbocycles. The van der Waals surface area contributed by atoms with Crippen molar-refractivity contribution in [2.45, 2.75) is 13.3 Å². The fraction of sp³-hybridized carbons (Fsp3) is 0.556. The minimum absolute atomic E-state index is 0. The average Bonchev–Trinajstić information content (AvgIpc) is 2.62. The lowest BCUT2D eigenvalue weighted by Crippen LogP contribution is -2.50. The fourth-order valence-electron chi connectivity index (χ4n) is 2.86. The summed E-state index contributed by atoms with van der Waals surface area (Å²) in [7, 11) is 1.73. The Balaban J connectivity index is 0.00000338. The van der Waals surface area contributed by atoms with E-state index in [1.54, 1.807) is 26.1 Å². The number of rotatable bonds is 6. The highest BCUT2D eigenvalue weighted by atomic mass is 127. The van der Waals surface area contributed by atoms with Gasteiger partial charge in [0.05, 0.1) is 0 Å². The van der Waals surface area contributed by atoms with E-state index in [0.29, 0.717) is 18.5 Å². The Kier molecular flexibility index (Phi) is 10.5. The van der Waals surface area contributed by atoms with Crippen LogP contribution in [0.1, 0.15) is 12.5 Å². The molecular formula is C18H29FIN5O. The second kappa shape index (κ2) is 12.1. The molecule has 8 heteroatoms. The summed E-state index contributed by atoms with van der Waals surface area (Å²) in [4.78, 5) is 19.7. The van der Waals surface area contributed by atoms with E-state index in [9.17, 15) is 9.18 Å². The highest BCUT2D eigenvalue weighted by Crippen LogP contribution is 2.06. The van der Waals surface area contributed by atoms with Crippen molar-refractivity contribution in [3.05, 3.63) is 35.6 Å². The zero-order valence-corrected chi connectivity index (χ0v) is 17.8. The third-order valence-electron chi connectivity index (χ3n) is 4.41. The molecule has 0 radical (unpaired) electrons. The highest BCUT2D eigenvalue weighted by molar-refractivity contribution is 14.0. The Labute approximate surface area is 172 Å². The molecule has 0 aliphatic carbocycles. The summed E-state index contributed by atoms with van der Waals surface area (Å²) in [6.07, 6.45) is 0.611. The van der Waals surface area contributed by atoms with Crippen LogP contribution in [0.3, 0.4) is 0 Å². The topological polar surface area (TPSA) is 60.0 Å². The Morgan fingerprint density at radius 2 is 1.81 bits per heavy atom. The van der Waals surface area contributed by atoms with E-state index in [1.165, 1.54) is 6.07 Å². The largest absolute Gasteiger partial charge is 0.356 e. The van der Waals surface area contributed by atoms with Crippen molar-refractivity contribution in [2.75, 3.05) is 52.9 Å². The van der Waals surface area contributed by atoms with Crippen LogP contribution in [0.15, 0.2) is 29.3 Å². The molecule has 0 spiro atoms. The first-order valence-corrected chi connectivity index (χ1v) is 8.76. The minimum atomic E-state index is -0.169. The van der Waals surface area contributed by atoms with Gasteiger partial charge in [0.2, 0.25) is 5.91 Å². The molecule has 1 amide bonds. The minimum Gasteiger partial charge on any atom is -0.356 e. The monoisotopic (exact) mass is 477 g/mol. The Morgan fingerprint density at radius 3 is 2.42 bits per heavy atom. The second-order valence-corrected chi connectivity index (χ2v) is 6.11. The number of nitrogens with zero attached hydrogens (tertiary/aromatic N) is 3. The van der Waals surface area contributed by atoms with Crippen molar-refractivity contribution in [1.82, 2.24) is 20.4 Å². The zero-order chi connectivity index (χ0) is 18.1. The van der Waals surface area contributed by atoms with Gasteiger partial charge in [0, 0.05) is 59.8 Å². The maximum atomic E-state index is 13.6. The average molecular weight is 477 g/mol. The molecular weight excluding hydrogens is 448 g/mol. The lowest BCUT2D eigenvalue weighted by atomic mass is 10.1. The van der Waals surface area contributed by atoms with E-state index in [0.717, 1.165) is 45.2 Å². The predicted molar refractivity (Wildman–Crippen MR) is 114 cm³/mol. The number of hydrogen-bond acceptors (Lipinski definition) is 3.